The molecule has 4 atom stereocenters. The number of unbranched alkanes of at least 4 members (excludes halogenated alkanes) is 2. The first-order valence-electron chi connectivity index (χ1n) is 12.5. The molecule has 3 N–H and O–H groups in total. The topological polar surface area (TPSA) is 77.8 Å². The molecule has 0 radical (unpaired) electrons. The zero-order valence-corrected chi connectivity index (χ0v) is 19.6. The van der Waals surface area contributed by atoms with Gasteiger partial charge in [-0.1, -0.05) is 71.4 Å². The third-order valence-corrected chi connectivity index (χ3v) is 7.91. The van der Waals surface area contributed by atoms with Crippen molar-refractivity contribution in [3.8, 4) is 0 Å². The fourth-order valence-electron chi connectivity index (χ4n) is 5.96. The van der Waals surface area contributed by atoms with E-state index in [2.05, 4.69) is 19.1 Å². The minimum Gasteiger partial charge on any atom is -0.481 e. The Labute approximate surface area is 184 Å². The van der Waals surface area contributed by atoms with Crippen molar-refractivity contribution in [2.45, 2.75) is 123 Å². The van der Waals surface area contributed by atoms with Crippen LogP contribution in [0.4, 0.5) is 0 Å². The molecule has 0 aliphatic heterocycles. The number of aliphatic hydroxyl groups excluding tert-OH is 2. The lowest BCUT2D eigenvalue weighted by atomic mass is 9.75. The Balaban J connectivity index is 1.86. The van der Waals surface area contributed by atoms with E-state index in [-0.39, 0.29) is 35.4 Å². The minimum atomic E-state index is -0.728. The summed E-state index contributed by atoms with van der Waals surface area (Å²) in [5.41, 5.74) is -0.0907. The molecule has 2 aliphatic rings. The molecule has 1 unspecified atom stereocenters. The van der Waals surface area contributed by atoms with Gasteiger partial charge in [-0.15, -0.1) is 0 Å². The summed E-state index contributed by atoms with van der Waals surface area (Å²) in [6, 6.07) is 0. The summed E-state index contributed by atoms with van der Waals surface area (Å²) in [5, 5.41) is 30.6. The summed E-state index contributed by atoms with van der Waals surface area (Å²) in [5.74, 6) is -0.105. The molecule has 2 fully saturated rings. The van der Waals surface area contributed by atoms with Crippen molar-refractivity contribution in [2.75, 3.05) is 0 Å². The second kappa shape index (κ2) is 11.7. The van der Waals surface area contributed by atoms with E-state index in [1.165, 1.54) is 25.7 Å². The Morgan fingerprint density at radius 3 is 2.50 bits per heavy atom. The molecular weight excluding hydrogens is 376 g/mol. The summed E-state index contributed by atoms with van der Waals surface area (Å²) < 4.78 is 0. The molecule has 0 bridgehead atoms. The predicted molar refractivity (Wildman–Crippen MR) is 122 cm³/mol. The van der Waals surface area contributed by atoms with Crippen LogP contribution in [0, 0.1) is 22.7 Å². The molecule has 2 aliphatic carbocycles. The van der Waals surface area contributed by atoms with Crippen LogP contribution in [-0.2, 0) is 4.79 Å². The third kappa shape index (κ3) is 7.37. The molecule has 0 aromatic carbocycles. The molecule has 4 heteroatoms. The molecule has 0 saturated heterocycles. The molecule has 30 heavy (non-hydrogen) atoms. The number of aliphatic carboxylic acids is 1. The molecule has 174 valence electrons. The van der Waals surface area contributed by atoms with Crippen LogP contribution in [0.1, 0.15) is 111 Å². The first-order valence-corrected chi connectivity index (χ1v) is 12.5. The molecule has 4 nitrogen and oxygen atoms in total. The van der Waals surface area contributed by atoms with Crippen molar-refractivity contribution in [3.05, 3.63) is 12.2 Å². The van der Waals surface area contributed by atoms with E-state index in [0.717, 1.165) is 57.8 Å². The van der Waals surface area contributed by atoms with Crippen LogP contribution in [0.5, 0.6) is 0 Å². The van der Waals surface area contributed by atoms with Crippen LogP contribution in [0.15, 0.2) is 12.2 Å². The van der Waals surface area contributed by atoms with Crippen LogP contribution in [0.2, 0.25) is 0 Å². The number of carboxylic acids is 1. The van der Waals surface area contributed by atoms with Gasteiger partial charge in [0.25, 0.3) is 0 Å². The molecule has 2 rings (SSSR count). The van der Waals surface area contributed by atoms with Crippen LogP contribution in [-0.4, -0.2) is 33.5 Å². The summed E-state index contributed by atoms with van der Waals surface area (Å²) in [6.07, 6.45) is 17.9. The van der Waals surface area contributed by atoms with Crippen molar-refractivity contribution >= 4 is 5.97 Å². The van der Waals surface area contributed by atoms with E-state index >= 15 is 0 Å². The highest BCUT2D eigenvalue weighted by Gasteiger charge is 2.39. The van der Waals surface area contributed by atoms with Gasteiger partial charge < -0.3 is 15.3 Å². The number of hydrogen-bond donors (Lipinski definition) is 3. The maximum Gasteiger partial charge on any atom is 0.303 e. The highest BCUT2D eigenvalue weighted by atomic mass is 16.4. The molecular formula is C26H46O4. The van der Waals surface area contributed by atoms with Crippen molar-refractivity contribution in [3.63, 3.8) is 0 Å². The first kappa shape index (κ1) is 25.4. The van der Waals surface area contributed by atoms with Gasteiger partial charge in [-0.2, -0.15) is 0 Å². The lowest BCUT2D eigenvalue weighted by Crippen LogP contribution is -2.31. The monoisotopic (exact) mass is 422 g/mol. The third-order valence-electron chi connectivity index (χ3n) is 7.91. The van der Waals surface area contributed by atoms with Crippen molar-refractivity contribution < 1.29 is 20.1 Å². The van der Waals surface area contributed by atoms with Gasteiger partial charge in [-0.05, 0) is 67.6 Å². The van der Waals surface area contributed by atoms with E-state index in [1.54, 1.807) is 0 Å². The molecule has 0 heterocycles. The smallest absolute Gasteiger partial charge is 0.303 e. The van der Waals surface area contributed by atoms with E-state index in [9.17, 15) is 15.0 Å². The van der Waals surface area contributed by atoms with Crippen LogP contribution < -0.4 is 0 Å². The standard InChI is InChI=1S/C26H46O4/c1-4-5-16-26(17-8-9-18-26)23(28)14-12-20-11-13-22(27)21(20)10-6-7-15-25(2,3)19-24(29)30/h12,14,20-23,27-28H,4-11,13,15-19H2,1-3H3,(H,29,30)/t20-,21-,22+,23?/m1/s1. The number of carbonyl (C=O) groups is 1. The number of aliphatic hydroxyl groups is 2. The van der Waals surface area contributed by atoms with Gasteiger partial charge in [-0.3, -0.25) is 4.79 Å². The van der Waals surface area contributed by atoms with Gasteiger partial charge in [0.15, 0.2) is 0 Å². The highest BCUT2D eigenvalue weighted by Crippen LogP contribution is 2.46. The fourth-order valence-corrected chi connectivity index (χ4v) is 5.96. The summed E-state index contributed by atoms with van der Waals surface area (Å²) in [6.45, 7) is 6.27. The Morgan fingerprint density at radius 1 is 1.17 bits per heavy atom. The lowest BCUT2D eigenvalue weighted by molar-refractivity contribution is -0.139. The zero-order chi connectivity index (χ0) is 22.2. The lowest BCUT2D eigenvalue weighted by Gasteiger charge is -2.33. The summed E-state index contributed by atoms with van der Waals surface area (Å²) in [7, 11) is 0. The Kier molecular flexibility index (Phi) is 9.87. The van der Waals surface area contributed by atoms with E-state index in [0.29, 0.717) is 5.92 Å². The minimum absolute atomic E-state index is 0.0783. The van der Waals surface area contributed by atoms with Crippen LogP contribution in [0.3, 0.4) is 0 Å². The normalized spacial score (nSPS) is 27.7. The molecule has 2 saturated carbocycles. The fraction of sp³-hybridized carbons (Fsp3) is 0.885. The number of carboxylic acid groups (broad SMARTS) is 1. The summed E-state index contributed by atoms with van der Waals surface area (Å²) >= 11 is 0. The Hall–Kier alpha value is -0.870. The van der Waals surface area contributed by atoms with Gasteiger partial charge in [0.05, 0.1) is 18.6 Å². The van der Waals surface area contributed by atoms with Crippen molar-refractivity contribution in [1.82, 2.24) is 0 Å². The van der Waals surface area contributed by atoms with Gasteiger partial charge in [-0.25, -0.2) is 0 Å². The largest absolute Gasteiger partial charge is 0.481 e. The first-order chi connectivity index (χ1) is 14.2. The maximum absolute atomic E-state index is 11.0. The van der Waals surface area contributed by atoms with Crippen molar-refractivity contribution in [2.24, 2.45) is 22.7 Å². The second-order valence-corrected chi connectivity index (χ2v) is 11.0. The Bertz CT molecular complexity index is 547. The average Bonchev–Trinajstić information content (AvgIpc) is 3.28. The molecule has 0 aromatic heterocycles. The average molecular weight is 423 g/mol. The number of rotatable bonds is 13. The second-order valence-electron chi connectivity index (χ2n) is 11.0. The molecule has 0 aromatic rings. The maximum atomic E-state index is 11.0. The van der Waals surface area contributed by atoms with Crippen molar-refractivity contribution in [1.29, 1.82) is 0 Å². The quantitative estimate of drug-likeness (QED) is 0.247. The van der Waals surface area contributed by atoms with E-state index in [4.69, 9.17) is 5.11 Å². The number of hydrogen-bond acceptors (Lipinski definition) is 3. The highest BCUT2D eigenvalue weighted by molar-refractivity contribution is 5.67. The van der Waals surface area contributed by atoms with E-state index in [1.807, 2.05) is 13.8 Å². The van der Waals surface area contributed by atoms with Crippen LogP contribution >= 0.6 is 0 Å². The van der Waals surface area contributed by atoms with Crippen LogP contribution in [0.25, 0.3) is 0 Å². The van der Waals surface area contributed by atoms with Gasteiger partial charge in [0.1, 0.15) is 0 Å². The SMILES string of the molecule is CCCCC1(C(O)C=C[C@H]2CC[C@H](O)[C@@H]2CCCCC(C)(C)CC(=O)O)CCCC1. The molecule has 0 spiro atoms. The molecule has 0 amide bonds. The number of allylic oxidation sites excluding steroid dienone is 1. The van der Waals surface area contributed by atoms with Gasteiger partial charge >= 0.3 is 5.97 Å². The van der Waals surface area contributed by atoms with Gasteiger partial charge in [0.2, 0.25) is 0 Å². The predicted octanol–water partition coefficient (Wildman–Crippen LogP) is 6.10. The Morgan fingerprint density at radius 2 is 1.87 bits per heavy atom. The van der Waals surface area contributed by atoms with Gasteiger partial charge in [0, 0.05) is 0 Å². The summed E-state index contributed by atoms with van der Waals surface area (Å²) in [4.78, 5) is 11.0. The van der Waals surface area contributed by atoms with E-state index < -0.39 is 5.97 Å². The zero-order valence-electron chi connectivity index (χ0n) is 19.6.